The van der Waals surface area contributed by atoms with Crippen LogP contribution in [-0.4, -0.2) is 43.8 Å². The fourth-order valence-corrected chi connectivity index (χ4v) is 4.92. The summed E-state index contributed by atoms with van der Waals surface area (Å²) in [6.07, 6.45) is 4.41. The Bertz CT molecular complexity index is 791. The summed E-state index contributed by atoms with van der Waals surface area (Å²) in [4.78, 5) is 14.3. The minimum Gasteiger partial charge on any atom is -0.451 e. The maximum atomic E-state index is 12.7. The van der Waals surface area contributed by atoms with Gasteiger partial charge in [-0.25, -0.2) is 8.42 Å². The van der Waals surface area contributed by atoms with Gasteiger partial charge in [0.05, 0.1) is 5.25 Å². The molecule has 0 spiro atoms. The molecule has 23 heavy (non-hydrogen) atoms. The van der Waals surface area contributed by atoms with E-state index in [-0.39, 0.29) is 17.7 Å². The highest BCUT2D eigenvalue weighted by Gasteiger charge is 2.37. The zero-order valence-corrected chi connectivity index (χ0v) is 14.2. The molecule has 1 aliphatic rings. The first-order chi connectivity index (χ1) is 10.9. The molecule has 0 aliphatic heterocycles. The van der Waals surface area contributed by atoms with Gasteiger partial charge in [0.25, 0.3) is 5.91 Å². The van der Waals surface area contributed by atoms with Crippen molar-refractivity contribution in [1.29, 1.82) is 0 Å². The molecule has 5 nitrogen and oxygen atoms in total. The molecule has 0 saturated heterocycles. The predicted octanol–water partition coefficient (Wildman–Crippen LogP) is 2.86. The number of benzene rings is 1. The quantitative estimate of drug-likeness (QED) is 0.865. The Balaban J connectivity index is 1.88. The molecule has 0 radical (unpaired) electrons. The highest BCUT2D eigenvalue weighted by Crippen LogP contribution is 2.29. The highest BCUT2D eigenvalue weighted by molar-refractivity contribution is 7.91. The van der Waals surface area contributed by atoms with Crippen LogP contribution in [-0.2, 0) is 9.84 Å². The van der Waals surface area contributed by atoms with Crippen molar-refractivity contribution in [3.8, 4) is 0 Å². The molecule has 0 bridgehead atoms. The third kappa shape index (κ3) is 3.13. The minimum atomic E-state index is -3.18. The van der Waals surface area contributed by atoms with Crippen LogP contribution in [0.5, 0.6) is 0 Å². The van der Waals surface area contributed by atoms with Crippen LogP contribution in [0.25, 0.3) is 11.0 Å². The Morgan fingerprint density at radius 3 is 2.61 bits per heavy atom. The van der Waals surface area contributed by atoms with Gasteiger partial charge in [0.2, 0.25) is 0 Å². The van der Waals surface area contributed by atoms with Crippen molar-refractivity contribution in [2.45, 2.75) is 37.0 Å². The van der Waals surface area contributed by atoms with Crippen LogP contribution in [0.2, 0.25) is 0 Å². The number of furan rings is 1. The van der Waals surface area contributed by atoms with E-state index in [1.165, 1.54) is 6.26 Å². The lowest BCUT2D eigenvalue weighted by atomic mass is 9.93. The average molecular weight is 335 g/mol. The first-order valence-electron chi connectivity index (χ1n) is 7.82. The van der Waals surface area contributed by atoms with Crippen LogP contribution in [0.4, 0.5) is 0 Å². The zero-order valence-electron chi connectivity index (χ0n) is 13.4. The van der Waals surface area contributed by atoms with Gasteiger partial charge < -0.3 is 9.32 Å². The van der Waals surface area contributed by atoms with Crippen molar-refractivity contribution in [1.82, 2.24) is 4.90 Å². The standard InChI is InChI=1S/C17H21NO4S/c1-18(13-8-4-6-10-16(13)23(2,20)21)17(19)15-11-12-7-3-5-9-14(12)22-15/h3,5,7,9,11,13,16H,4,6,8,10H2,1-2H3. The first kappa shape index (κ1) is 16.1. The lowest BCUT2D eigenvalue weighted by molar-refractivity contribution is 0.0670. The van der Waals surface area contributed by atoms with Crippen molar-refractivity contribution in [2.75, 3.05) is 13.3 Å². The van der Waals surface area contributed by atoms with Crippen molar-refractivity contribution in [2.24, 2.45) is 0 Å². The third-order valence-corrected chi connectivity index (χ3v) is 6.32. The molecule has 1 aliphatic carbocycles. The third-order valence-electron chi connectivity index (χ3n) is 4.67. The first-order valence-corrected chi connectivity index (χ1v) is 9.78. The van der Waals surface area contributed by atoms with Gasteiger partial charge in [-0.15, -0.1) is 0 Å². The molecule has 0 N–H and O–H groups in total. The maximum absolute atomic E-state index is 12.7. The Morgan fingerprint density at radius 2 is 1.91 bits per heavy atom. The Hall–Kier alpha value is -1.82. The summed E-state index contributed by atoms with van der Waals surface area (Å²) < 4.78 is 29.7. The number of amides is 1. The molecule has 1 saturated carbocycles. The van der Waals surface area contributed by atoms with E-state index >= 15 is 0 Å². The van der Waals surface area contributed by atoms with Gasteiger partial charge in [-0.05, 0) is 25.0 Å². The smallest absolute Gasteiger partial charge is 0.289 e. The van der Waals surface area contributed by atoms with E-state index in [4.69, 9.17) is 4.42 Å². The second-order valence-corrected chi connectivity index (χ2v) is 8.55. The van der Waals surface area contributed by atoms with Crippen LogP contribution in [0.3, 0.4) is 0 Å². The van der Waals surface area contributed by atoms with Gasteiger partial charge in [0.15, 0.2) is 15.6 Å². The van der Waals surface area contributed by atoms with Crippen LogP contribution in [0.1, 0.15) is 36.2 Å². The van der Waals surface area contributed by atoms with E-state index in [9.17, 15) is 13.2 Å². The van der Waals surface area contributed by atoms with E-state index < -0.39 is 15.1 Å². The lowest BCUT2D eigenvalue weighted by Crippen LogP contribution is -2.49. The summed E-state index contributed by atoms with van der Waals surface area (Å²) in [7, 11) is -1.51. The molecule has 1 heterocycles. The molecule has 2 unspecified atom stereocenters. The summed E-state index contributed by atoms with van der Waals surface area (Å²) >= 11 is 0. The predicted molar refractivity (Wildman–Crippen MR) is 89.2 cm³/mol. The number of nitrogens with zero attached hydrogens (tertiary/aromatic N) is 1. The number of hydrogen-bond donors (Lipinski definition) is 0. The van der Waals surface area contributed by atoms with E-state index in [0.29, 0.717) is 18.4 Å². The zero-order chi connectivity index (χ0) is 16.6. The summed E-state index contributed by atoms with van der Waals surface area (Å²) in [5.74, 6) is -0.00623. The average Bonchev–Trinajstić information content (AvgIpc) is 2.96. The fourth-order valence-electron chi connectivity index (χ4n) is 3.43. The van der Waals surface area contributed by atoms with Gasteiger partial charge in [0.1, 0.15) is 5.58 Å². The Labute approximate surface area is 136 Å². The molecule has 1 fully saturated rings. The van der Waals surface area contributed by atoms with Crippen molar-refractivity contribution < 1.29 is 17.6 Å². The summed E-state index contributed by atoms with van der Waals surface area (Å²) in [6, 6.07) is 8.86. The SMILES string of the molecule is CN(C(=O)c1cc2ccccc2o1)C1CCCCC1S(C)(=O)=O. The number of hydrogen-bond acceptors (Lipinski definition) is 4. The number of rotatable bonds is 3. The van der Waals surface area contributed by atoms with Crippen LogP contribution in [0.15, 0.2) is 34.7 Å². The highest BCUT2D eigenvalue weighted by atomic mass is 32.2. The lowest BCUT2D eigenvalue weighted by Gasteiger charge is -2.36. The summed E-state index contributed by atoms with van der Waals surface area (Å²) in [5.41, 5.74) is 0.660. The molecule has 2 aromatic rings. The molecular formula is C17H21NO4S. The van der Waals surface area contributed by atoms with Crippen molar-refractivity contribution in [3.63, 3.8) is 0 Å². The number of fused-ring (bicyclic) bond motifs is 1. The molecule has 3 rings (SSSR count). The van der Waals surface area contributed by atoms with Crippen molar-refractivity contribution >= 4 is 26.7 Å². The summed E-state index contributed by atoms with van der Waals surface area (Å²) in [5, 5.41) is 0.377. The van der Waals surface area contributed by atoms with Gasteiger partial charge in [-0.3, -0.25) is 4.79 Å². The number of carbonyl (C=O) groups excluding carboxylic acids is 1. The van der Waals surface area contributed by atoms with Gasteiger partial charge >= 0.3 is 0 Å². The van der Waals surface area contributed by atoms with Gasteiger partial charge in [-0.1, -0.05) is 31.0 Å². The molecule has 6 heteroatoms. The maximum Gasteiger partial charge on any atom is 0.289 e. The van der Waals surface area contributed by atoms with Crippen LogP contribution < -0.4 is 0 Å². The normalized spacial score (nSPS) is 22.2. The van der Waals surface area contributed by atoms with E-state index in [1.807, 2.05) is 24.3 Å². The van der Waals surface area contributed by atoms with Crippen LogP contribution in [0, 0.1) is 0 Å². The Morgan fingerprint density at radius 1 is 1.22 bits per heavy atom. The molecular weight excluding hydrogens is 314 g/mol. The Kier molecular flexibility index (Phi) is 4.19. The van der Waals surface area contributed by atoms with Gasteiger partial charge in [0, 0.05) is 24.7 Å². The molecule has 2 atom stereocenters. The molecule has 124 valence electrons. The second kappa shape index (κ2) is 6.00. The molecule has 1 aromatic carbocycles. The number of sulfone groups is 1. The fraction of sp³-hybridized carbons (Fsp3) is 0.471. The number of para-hydroxylation sites is 1. The topological polar surface area (TPSA) is 67.6 Å². The van der Waals surface area contributed by atoms with Gasteiger partial charge in [-0.2, -0.15) is 0 Å². The largest absolute Gasteiger partial charge is 0.451 e. The van der Waals surface area contributed by atoms with E-state index in [1.54, 1.807) is 18.0 Å². The van der Waals surface area contributed by atoms with E-state index in [2.05, 4.69) is 0 Å². The number of carbonyl (C=O) groups is 1. The summed E-state index contributed by atoms with van der Waals surface area (Å²) in [6.45, 7) is 0. The monoisotopic (exact) mass is 335 g/mol. The minimum absolute atomic E-state index is 0.256. The van der Waals surface area contributed by atoms with E-state index in [0.717, 1.165) is 18.2 Å². The van der Waals surface area contributed by atoms with Crippen LogP contribution >= 0.6 is 0 Å². The molecule has 1 amide bonds. The second-order valence-electron chi connectivity index (χ2n) is 6.28. The molecule has 1 aromatic heterocycles. The van der Waals surface area contributed by atoms with Crippen molar-refractivity contribution in [3.05, 3.63) is 36.1 Å².